The second-order valence-electron chi connectivity index (χ2n) is 13.5. The molecule has 0 saturated heterocycles. The molecule has 0 rings (SSSR count). The van der Waals surface area contributed by atoms with Crippen LogP contribution in [0, 0.1) is 11.8 Å². The summed E-state index contributed by atoms with van der Waals surface area (Å²) in [5, 5.41) is 9.45. The first-order valence-electron chi connectivity index (χ1n) is 18.8. The molecule has 0 aromatic carbocycles. The number of hydrogen-bond donors (Lipinski definition) is 3. The Bertz CT molecular complexity index is 676. The molecule has 5 N–H and O–H groups in total. The van der Waals surface area contributed by atoms with Crippen LogP contribution in [0.15, 0.2) is 12.2 Å². The van der Waals surface area contributed by atoms with Gasteiger partial charge in [0.25, 0.3) is 0 Å². The van der Waals surface area contributed by atoms with Crippen molar-refractivity contribution in [2.45, 2.75) is 206 Å². The third-order valence-electron chi connectivity index (χ3n) is 9.39. The lowest BCUT2D eigenvalue weighted by atomic mass is 9.80. The Kier molecular flexibility index (Phi) is 28.7. The van der Waals surface area contributed by atoms with Gasteiger partial charge in [0.05, 0.1) is 5.92 Å². The number of carbonyl (C=O) groups excluding carboxylic acids is 1. The number of unbranched alkanes of at least 4 members (excludes halogenated alkanes) is 23. The average Bonchev–Trinajstić information content (AvgIpc) is 2.99. The second-order valence-corrected chi connectivity index (χ2v) is 13.5. The molecule has 0 bridgehead atoms. The highest BCUT2D eigenvalue weighted by molar-refractivity contribution is 5.91. The standard InChI is InChI=1S/C38H74N2O3/c1-4-6-8-10-12-14-16-18-20-22-24-26-28-30-32-35(36(41)34(3)38(39,40)37(42)43)33-31-29-27-25-23-21-19-17-15-13-11-9-7-5-2/h18,20,34-35H,4-17,19,21-33,39-40H2,1-3H3,(H,42,43). The fourth-order valence-corrected chi connectivity index (χ4v) is 6.07. The monoisotopic (exact) mass is 607 g/mol. The Morgan fingerprint density at radius 1 is 0.558 bits per heavy atom. The summed E-state index contributed by atoms with van der Waals surface area (Å²) in [5.41, 5.74) is 9.70. The fourth-order valence-electron chi connectivity index (χ4n) is 6.07. The first-order chi connectivity index (χ1) is 20.8. The van der Waals surface area contributed by atoms with E-state index in [2.05, 4.69) is 26.0 Å². The summed E-state index contributed by atoms with van der Waals surface area (Å²) in [6, 6.07) is 0. The van der Waals surface area contributed by atoms with Crippen LogP contribution in [0.4, 0.5) is 0 Å². The maximum absolute atomic E-state index is 13.3. The van der Waals surface area contributed by atoms with Crippen molar-refractivity contribution >= 4 is 11.8 Å². The third kappa shape index (κ3) is 23.8. The molecule has 0 fully saturated rings. The molecule has 0 heterocycles. The predicted molar refractivity (Wildman–Crippen MR) is 186 cm³/mol. The number of ketones is 1. The SMILES string of the molecule is CCCCCCCCC=CCCCCCCC(CCCCCCCCCCCCCCCC)C(=O)C(C)C(N)(N)C(=O)O. The average molecular weight is 607 g/mol. The topological polar surface area (TPSA) is 106 Å². The normalized spacial score (nSPS) is 13.5. The van der Waals surface area contributed by atoms with E-state index in [0.29, 0.717) is 0 Å². The molecule has 43 heavy (non-hydrogen) atoms. The molecule has 0 aliphatic carbocycles. The van der Waals surface area contributed by atoms with E-state index in [1.54, 1.807) is 6.92 Å². The number of carboxylic acid groups (broad SMARTS) is 1. The molecular weight excluding hydrogens is 532 g/mol. The fraction of sp³-hybridized carbons (Fsp3) is 0.895. The number of carbonyl (C=O) groups is 2. The van der Waals surface area contributed by atoms with Gasteiger partial charge in [-0.25, -0.2) is 4.79 Å². The smallest absolute Gasteiger partial charge is 0.339 e. The van der Waals surface area contributed by atoms with Gasteiger partial charge in [0.15, 0.2) is 5.66 Å². The lowest BCUT2D eigenvalue weighted by Gasteiger charge is -2.29. The van der Waals surface area contributed by atoms with E-state index < -0.39 is 17.6 Å². The van der Waals surface area contributed by atoms with Crippen LogP contribution in [0.3, 0.4) is 0 Å². The van der Waals surface area contributed by atoms with E-state index in [1.165, 1.54) is 135 Å². The van der Waals surface area contributed by atoms with Gasteiger partial charge in [0.1, 0.15) is 5.78 Å². The van der Waals surface area contributed by atoms with Crippen molar-refractivity contribution in [3.8, 4) is 0 Å². The highest BCUT2D eigenvalue weighted by Gasteiger charge is 2.41. The zero-order chi connectivity index (χ0) is 32.0. The van der Waals surface area contributed by atoms with Crippen molar-refractivity contribution < 1.29 is 14.7 Å². The van der Waals surface area contributed by atoms with E-state index in [1.807, 2.05) is 0 Å². The molecule has 0 aromatic heterocycles. The number of aliphatic carboxylic acids is 1. The van der Waals surface area contributed by atoms with Gasteiger partial charge in [0, 0.05) is 5.92 Å². The van der Waals surface area contributed by atoms with Gasteiger partial charge in [-0.3, -0.25) is 4.79 Å². The van der Waals surface area contributed by atoms with Crippen LogP contribution >= 0.6 is 0 Å². The van der Waals surface area contributed by atoms with E-state index in [4.69, 9.17) is 11.5 Å². The molecule has 5 heteroatoms. The highest BCUT2D eigenvalue weighted by atomic mass is 16.4. The van der Waals surface area contributed by atoms with Gasteiger partial charge < -0.3 is 16.6 Å². The van der Waals surface area contributed by atoms with Crippen molar-refractivity contribution in [1.82, 2.24) is 0 Å². The molecule has 254 valence electrons. The van der Waals surface area contributed by atoms with Gasteiger partial charge in [-0.1, -0.05) is 174 Å². The van der Waals surface area contributed by atoms with Gasteiger partial charge in [-0.05, 0) is 38.5 Å². The Morgan fingerprint density at radius 3 is 1.19 bits per heavy atom. The Labute approximate surface area is 267 Å². The zero-order valence-electron chi connectivity index (χ0n) is 29.0. The van der Waals surface area contributed by atoms with Crippen LogP contribution in [0.5, 0.6) is 0 Å². The van der Waals surface area contributed by atoms with Crippen LogP contribution in [-0.4, -0.2) is 22.5 Å². The van der Waals surface area contributed by atoms with Gasteiger partial charge in [-0.2, -0.15) is 0 Å². The molecule has 0 amide bonds. The van der Waals surface area contributed by atoms with Gasteiger partial charge >= 0.3 is 5.97 Å². The summed E-state index contributed by atoms with van der Waals surface area (Å²) in [6.07, 6.45) is 39.5. The van der Waals surface area contributed by atoms with Crippen LogP contribution in [0.1, 0.15) is 201 Å². The second kappa shape index (κ2) is 29.5. The highest BCUT2D eigenvalue weighted by Crippen LogP contribution is 2.26. The molecule has 0 radical (unpaired) electrons. The largest absolute Gasteiger partial charge is 0.479 e. The molecule has 0 aliphatic heterocycles. The van der Waals surface area contributed by atoms with Crippen LogP contribution < -0.4 is 11.5 Å². The molecule has 5 nitrogen and oxygen atoms in total. The number of rotatable bonds is 33. The summed E-state index contributed by atoms with van der Waals surface area (Å²) >= 11 is 0. The Balaban J connectivity index is 4.23. The first-order valence-corrected chi connectivity index (χ1v) is 18.8. The van der Waals surface area contributed by atoms with Crippen molar-refractivity contribution in [3.63, 3.8) is 0 Å². The summed E-state index contributed by atoms with van der Waals surface area (Å²) in [7, 11) is 0. The third-order valence-corrected chi connectivity index (χ3v) is 9.39. The van der Waals surface area contributed by atoms with E-state index >= 15 is 0 Å². The number of hydrogen-bond acceptors (Lipinski definition) is 4. The minimum absolute atomic E-state index is 0.0697. The van der Waals surface area contributed by atoms with E-state index in [0.717, 1.165) is 44.9 Å². The molecule has 2 unspecified atom stereocenters. The van der Waals surface area contributed by atoms with Crippen LogP contribution in [0.2, 0.25) is 0 Å². The van der Waals surface area contributed by atoms with Crippen LogP contribution in [0.25, 0.3) is 0 Å². The van der Waals surface area contributed by atoms with Crippen molar-refractivity contribution in [3.05, 3.63) is 12.2 Å². The number of carboxylic acids is 1. The molecule has 0 aromatic rings. The summed E-state index contributed by atoms with van der Waals surface area (Å²) in [5.74, 6) is -2.42. The quantitative estimate of drug-likeness (QED) is 0.0391. The summed E-state index contributed by atoms with van der Waals surface area (Å²) in [4.78, 5) is 24.9. The van der Waals surface area contributed by atoms with Crippen molar-refractivity contribution in [2.75, 3.05) is 0 Å². The lowest BCUT2D eigenvalue weighted by Crippen LogP contribution is -2.63. The number of nitrogens with two attached hydrogens (primary N) is 2. The number of Topliss-reactive ketones (excluding diaryl/α,β-unsaturated/α-hetero) is 1. The summed E-state index contributed by atoms with van der Waals surface area (Å²) < 4.78 is 0. The molecule has 0 saturated carbocycles. The predicted octanol–water partition coefficient (Wildman–Crippen LogP) is 11.0. The van der Waals surface area contributed by atoms with Gasteiger partial charge in [-0.15, -0.1) is 0 Å². The minimum atomic E-state index is -2.01. The lowest BCUT2D eigenvalue weighted by molar-refractivity contribution is -0.149. The molecule has 0 aliphatic rings. The van der Waals surface area contributed by atoms with Gasteiger partial charge in [0.2, 0.25) is 0 Å². The van der Waals surface area contributed by atoms with Crippen LogP contribution in [-0.2, 0) is 9.59 Å². The summed E-state index contributed by atoms with van der Waals surface area (Å²) in [6.45, 7) is 6.12. The maximum atomic E-state index is 13.3. The maximum Gasteiger partial charge on any atom is 0.339 e. The minimum Gasteiger partial charge on any atom is -0.479 e. The Hall–Kier alpha value is -1.20. The van der Waals surface area contributed by atoms with Crippen molar-refractivity contribution in [2.24, 2.45) is 23.3 Å². The molecule has 2 atom stereocenters. The molecular formula is C38H74N2O3. The zero-order valence-corrected chi connectivity index (χ0v) is 29.0. The Morgan fingerprint density at radius 2 is 0.860 bits per heavy atom. The van der Waals surface area contributed by atoms with E-state index in [9.17, 15) is 14.7 Å². The molecule has 0 spiro atoms. The van der Waals surface area contributed by atoms with E-state index in [-0.39, 0.29) is 11.7 Å². The first kappa shape index (κ1) is 41.8. The van der Waals surface area contributed by atoms with Crippen molar-refractivity contribution in [1.29, 1.82) is 0 Å². The number of allylic oxidation sites excluding steroid dienone is 2.